The average Bonchev–Trinajstić information content (AvgIpc) is 2.62. The lowest BCUT2D eigenvalue weighted by Crippen LogP contribution is -2.28. The summed E-state index contributed by atoms with van der Waals surface area (Å²) in [5.74, 6) is 0.161. The van der Waals surface area contributed by atoms with Crippen molar-refractivity contribution in [3.8, 4) is 5.75 Å². The summed E-state index contributed by atoms with van der Waals surface area (Å²) < 4.78 is 0. The van der Waals surface area contributed by atoms with Gasteiger partial charge in [-0.3, -0.25) is 4.79 Å². The first-order chi connectivity index (χ1) is 12.5. The second-order valence-electron chi connectivity index (χ2n) is 6.90. The molecule has 26 heavy (non-hydrogen) atoms. The Morgan fingerprint density at radius 1 is 1.19 bits per heavy atom. The van der Waals surface area contributed by atoms with Crippen LogP contribution < -0.4 is 5.32 Å². The van der Waals surface area contributed by atoms with Gasteiger partial charge < -0.3 is 10.4 Å². The molecule has 0 aliphatic carbocycles. The highest BCUT2D eigenvalue weighted by atomic mass is 35.5. The second-order valence-corrected chi connectivity index (χ2v) is 7.31. The third kappa shape index (κ3) is 6.06. The molecular weight excluding hydrogens is 346 g/mol. The molecule has 0 heterocycles. The quantitative estimate of drug-likeness (QED) is 0.619. The summed E-state index contributed by atoms with van der Waals surface area (Å²) >= 11 is 6.34. The number of hydrogen-bond donors (Lipinski definition) is 2. The smallest absolute Gasteiger partial charge is 0.255 e. The highest BCUT2D eigenvalue weighted by Gasteiger charge is 2.11. The van der Waals surface area contributed by atoms with E-state index in [0.717, 1.165) is 37.1 Å². The maximum Gasteiger partial charge on any atom is 0.255 e. The fourth-order valence-corrected chi connectivity index (χ4v) is 3.30. The third-order valence-corrected chi connectivity index (χ3v) is 4.91. The summed E-state index contributed by atoms with van der Waals surface area (Å²) in [4.78, 5) is 12.1. The molecule has 0 aromatic heterocycles. The van der Waals surface area contributed by atoms with Crippen LogP contribution in [0.1, 0.15) is 54.6 Å². The highest BCUT2D eigenvalue weighted by molar-refractivity contribution is 6.31. The summed E-state index contributed by atoms with van der Waals surface area (Å²) in [7, 11) is 0. The molecule has 4 heteroatoms. The van der Waals surface area contributed by atoms with E-state index in [1.54, 1.807) is 18.2 Å². The summed E-state index contributed by atoms with van der Waals surface area (Å²) in [5.41, 5.74) is 2.81. The lowest BCUT2D eigenvalue weighted by molar-refractivity contribution is 0.0944. The minimum Gasteiger partial charge on any atom is -0.507 e. The summed E-state index contributed by atoms with van der Waals surface area (Å²) in [6.07, 6.45) is 5.19. The van der Waals surface area contributed by atoms with Crippen LogP contribution in [0, 0.1) is 5.92 Å². The van der Waals surface area contributed by atoms with Crippen molar-refractivity contribution in [2.45, 2.75) is 46.0 Å². The van der Waals surface area contributed by atoms with Gasteiger partial charge in [0.25, 0.3) is 5.91 Å². The molecule has 3 nitrogen and oxygen atoms in total. The lowest BCUT2D eigenvalue weighted by Gasteiger charge is -2.13. The molecule has 2 aromatic carbocycles. The number of phenols is 1. The third-order valence-electron chi connectivity index (χ3n) is 4.56. The van der Waals surface area contributed by atoms with Crippen LogP contribution >= 0.6 is 11.6 Å². The number of carbonyl (C=O) groups excluding carboxylic acids is 1. The molecule has 2 N–H and O–H groups in total. The van der Waals surface area contributed by atoms with Gasteiger partial charge in [-0.1, -0.05) is 56.1 Å². The Morgan fingerprint density at radius 3 is 2.65 bits per heavy atom. The number of para-hydroxylation sites is 1. The van der Waals surface area contributed by atoms with Crippen LogP contribution in [0.25, 0.3) is 0 Å². The van der Waals surface area contributed by atoms with Crippen LogP contribution in [0.2, 0.25) is 5.02 Å². The lowest BCUT2D eigenvalue weighted by atomic mass is 9.99. The number of aromatic hydroxyl groups is 1. The molecular formula is C22H28ClNO2. The number of nitrogens with one attached hydrogen (secondary N) is 1. The average molecular weight is 374 g/mol. The van der Waals surface area contributed by atoms with Crippen LogP contribution in [-0.2, 0) is 12.8 Å². The molecule has 2 rings (SSSR count). The van der Waals surface area contributed by atoms with E-state index >= 15 is 0 Å². The maximum absolute atomic E-state index is 12.1. The number of rotatable bonds is 9. The SMILES string of the molecule is CCCc1ccc(CCCC(C)CNC(=O)c2ccccc2O)cc1Cl. The Hall–Kier alpha value is -2.00. The van der Waals surface area contributed by atoms with Gasteiger partial charge in [-0.25, -0.2) is 0 Å². The minimum atomic E-state index is -0.228. The van der Waals surface area contributed by atoms with Crippen LogP contribution in [0.3, 0.4) is 0 Å². The first-order valence-corrected chi connectivity index (χ1v) is 9.72. The van der Waals surface area contributed by atoms with E-state index in [2.05, 4.69) is 37.4 Å². The van der Waals surface area contributed by atoms with Gasteiger partial charge in [0.2, 0.25) is 0 Å². The van der Waals surface area contributed by atoms with Crippen LogP contribution in [0.4, 0.5) is 0 Å². The van der Waals surface area contributed by atoms with Crippen molar-refractivity contribution in [3.05, 3.63) is 64.2 Å². The van der Waals surface area contributed by atoms with Gasteiger partial charge in [0.05, 0.1) is 5.56 Å². The predicted molar refractivity (Wildman–Crippen MR) is 108 cm³/mol. The van der Waals surface area contributed by atoms with Gasteiger partial charge in [-0.05, 0) is 60.9 Å². The first kappa shape index (κ1) is 20.3. The molecule has 1 amide bonds. The fourth-order valence-electron chi connectivity index (χ4n) is 3.00. The zero-order chi connectivity index (χ0) is 18.9. The topological polar surface area (TPSA) is 49.3 Å². The normalized spacial score (nSPS) is 12.0. The Kier molecular flexibility index (Phi) is 7.99. The Labute approximate surface area is 161 Å². The van der Waals surface area contributed by atoms with E-state index in [9.17, 15) is 9.90 Å². The first-order valence-electron chi connectivity index (χ1n) is 9.34. The molecule has 0 aliphatic heterocycles. The van der Waals surface area contributed by atoms with Gasteiger partial charge in [0.1, 0.15) is 5.75 Å². The highest BCUT2D eigenvalue weighted by Crippen LogP contribution is 2.21. The Balaban J connectivity index is 1.73. The molecule has 0 fully saturated rings. The summed E-state index contributed by atoms with van der Waals surface area (Å²) in [6.45, 7) is 4.88. The van der Waals surface area contributed by atoms with Gasteiger partial charge in [0, 0.05) is 11.6 Å². The van der Waals surface area contributed by atoms with E-state index in [-0.39, 0.29) is 11.7 Å². The number of phenolic OH excluding ortho intramolecular Hbond substituents is 1. The number of hydrogen-bond acceptors (Lipinski definition) is 2. The molecule has 0 saturated carbocycles. The number of amides is 1. The molecule has 1 unspecified atom stereocenters. The molecule has 0 bridgehead atoms. The number of halogens is 1. The van der Waals surface area contributed by atoms with E-state index in [1.165, 1.54) is 17.2 Å². The molecule has 0 aliphatic rings. The van der Waals surface area contributed by atoms with Crippen LogP contribution in [0.5, 0.6) is 5.75 Å². The van der Waals surface area contributed by atoms with Crippen molar-refractivity contribution in [2.75, 3.05) is 6.54 Å². The zero-order valence-corrected chi connectivity index (χ0v) is 16.4. The van der Waals surface area contributed by atoms with Gasteiger partial charge >= 0.3 is 0 Å². The monoisotopic (exact) mass is 373 g/mol. The largest absolute Gasteiger partial charge is 0.507 e. The van der Waals surface area contributed by atoms with E-state index < -0.39 is 0 Å². The molecule has 0 radical (unpaired) electrons. The Bertz CT molecular complexity index is 730. The second kappa shape index (κ2) is 10.2. The van der Waals surface area contributed by atoms with Crippen molar-refractivity contribution < 1.29 is 9.90 Å². The maximum atomic E-state index is 12.1. The van der Waals surface area contributed by atoms with Gasteiger partial charge in [-0.2, -0.15) is 0 Å². The van der Waals surface area contributed by atoms with Crippen molar-refractivity contribution in [3.63, 3.8) is 0 Å². The summed E-state index contributed by atoms with van der Waals surface area (Å²) in [5, 5.41) is 13.5. The van der Waals surface area contributed by atoms with Crippen molar-refractivity contribution >= 4 is 17.5 Å². The zero-order valence-electron chi connectivity index (χ0n) is 15.6. The van der Waals surface area contributed by atoms with Crippen molar-refractivity contribution in [1.82, 2.24) is 5.32 Å². The van der Waals surface area contributed by atoms with E-state index in [1.807, 2.05) is 0 Å². The standard InChI is InChI=1S/C22H28ClNO2/c1-3-7-18-13-12-17(14-20(18)23)9-6-8-16(2)15-24-22(26)19-10-4-5-11-21(19)25/h4-5,10-14,16,25H,3,6-9,15H2,1-2H3,(H,24,26). The molecule has 2 aromatic rings. The van der Waals surface area contributed by atoms with Crippen molar-refractivity contribution in [1.29, 1.82) is 0 Å². The summed E-state index contributed by atoms with van der Waals surface area (Å²) in [6, 6.07) is 13.0. The molecule has 140 valence electrons. The van der Waals surface area contributed by atoms with Crippen LogP contribution in [-0.4, -0.2) is 17.6 Å². The van der Waals surface area contributed by atoms with Gasteiger partial charge in [0.15, 0.2) is 0 Å². The number of aryl methyl sites for hydroxylation is 2. The van der Waals surface area contributed by atoms with Crippen molar-refractivity contribution in [2.24, 2.45) is 5.92 Å². The Morgan fingerprint density at radius 2 is 1.96 bits per heavy atom. The van der Waals surface area contributed by atoms with Gasteiger partial charge in [-0.15, -0.1) is 0 Å². The van der Waals surface area contributed by atoms with E-state index in [4.69, 9.17) is 11.6 Å². The molecule has 1 atom stereocenters. The fraction of sp³-hybridized carbons (Fsp3) is 0.409. The van der Waals surface area contributed by atoms with Crippen LogP contribution in [0.15, 0.2) is 42.5 Å². The number of carbonyl (C=O) groups is 1. The molecule has 0 saturated heterocycles. The number of benzene rings is 2. The van der Waals surface area contributed by atoms with E-state index in [0.29, 0.717) is 18.0 Å². The predicted octanol–water partition coefficient (Wildman–Crippen LogP) is 5.39. The molecule has 0 spiro atoms. The minimum absolute atomic E-state index is 0.0149.